The molecule has 7 aromatic carbocycles. The highest BCUT2D eigenvalue weighted by molar-refractivity contribution is 6.08. The number of nitrogens with zero attached hydrogens (tertiary/aromatic N) is 1. The van der Waals surface area contributed by atoms with Crippen LogP contribution in [-0.4, -0.2) is 5.71 Å². The molecular formula is C53H48N2O. The van der Waals surface area contributed by atoms with Gasteiger partial charge >= 0.3 is 0 Å². The summed E-state index contributed by atoms with van der Waals surface area (Å²) in [6.45, 7) is 6.53. The van der Waals surface area contributed by atoms with E-state index in [9.17, 15) is 0 Å². The Balaban J connectivity index is 1.07. The molecule has 0 aliphatic carbocycles. The zero-order valence-corrected chi connectivity index (χ0v) is 32.5. The number of rotatable bonds is 12. The second kappa shape index (κ2) is 16.6. The van der Waals surface area contributed by atoms with Crippen molar-refractivity contribution >= 4 is 33.3 Å². The minimum atomic E-state index is 0.0516. The van der Waals surface area contributed by atoms with Crippen LogP contribution in [0.2, 0.25) is 0 Å². The summed E-state index contributed by atoms with van der Waals surface area (Å²) < 4.78 is 6.46. The van der Waals surface area contributed by atoms with Crippen molar-refractivity contribution in [3.8, 4) is 33.4 Å². The van der Waals surface area contributed by atoms with Gasteiger partial charge in [0.2, 0.25) is 0 Å². The molecule has 0 aliphatic rings. The Kier molecular flexibility index (Phi) is 10.9. The minimum Gasteiger partial charge on any atom is -0.456 e. The molecule has 276 valence electrons. The van der Waals surface area contributed by atoms with Crippen molar-refractivity contribution in [1.29, 1.82) is 0 Å². The van der Waals surface area contributed by atoms with Crippen molar-refractivity contribution in [3.05, 3.63) is 198 Å². The van der Waals surface area contributed by atoms with Gasteiger partial charge in [-0.2, -0.15) is 0 Å². The number of fused-ring (bicyclic) bond motifs is 3. The zero-order valence-electron chi connectivity index (χ0n) is 32.5. The van der Waals surface area contributed by atoms with Gasteiger partial charge in [-0.05, 0) is 124 Å². The lowest BCUT2D eigenvalue weighted by Crippen LogP contribution is -2.09. The Morgan fingerprint density at radius 2 is 1.25 bits per heavy atom. The van der Waals surface area contributed by atoms with Gasteiger partial charge in [0.15, 0.2) is 0 Å². The zero-order chi connectivity index (χ0) is 38.4. The maximum absolute atomic E-state index is 6.46. The van der Waals surface area contributed by atoms with Crippen molar-refractivity contribution in [3.63, 3.8) is 0 Å². The normalized spacial score (nSPS) is 12.7. The van der Waals surface area contributed by atoms with E-state index >= 15 is 0 Å². The molecule has 2 N–H and O–H groups in total. The van der Waals surface area contributed by atoms with Crippen LogP contribution >= 0.6 is 0 Å². The summed E-state index contributed by atoms with van der Waals surface area (Å²) in [4.78, 5) is 5.29. The van der Waals surface area contributed by atoms with Crippen molar-refractivity contribution in [2.45, 2.75) is 52.5 Å². The summed E-state index contributed by atoms with van der Waals surface area (Å²) in [7, 11) is 0. The lowest BCUT2D eigenvalue weighted by molar-refractivity contribution is 0.638. The lowest BCUT2D eigenvalue weighted by Gasteiger charge is -2.12. The molecule has 0 aliphatic heterocycles. The Labute approximate surface area is 330 Å². The van der Waals surface area contributed by atoms with E-state index in [4.69, 9.17) is 15.1 Å². The van der Waals surface area contributed by atoms with E-state index in [-0.39, 0.29) is 6.04 Å². The van der Waals surface area contributed by atoms with E-state index in [1.165, 1.54) is 38.9 Å². The van der Waals surface area contributed by atoms with Crippen LogP contribution < -0.4 is 5.73 Å². The molecule has 3 nitrogen and oxygen atoms in total. The largest absolute Gasteiger partial charge is 0.456 e. The molecule has 0 saturated heterocycles. The number of nitrogens with two attached hydrogens (primary N) is 1. The number of aryl methyl sites for hydroxylation is 1. The van der Waals surface area contributed by atoms with Crippen LogP contribution in [0.4, 0.5) is 0 Å². The quantitative estimate of drug-likeness (QED) is 0.127. The predicted molar refractivity (Wildman–Crippen MR) is 238 cm³/mol. The third kappa shape index (κ3) is 7.91. The number of hydrogen-bond acceptors (Lipinski definition) is 3. The van der Waals surface area contributed by atoms with E-state index in [2.05, 4.69) is 191 Å². The van der Waals surface area contributed by atoms with Gasteiger partial charge in [0, 0.05) is 22.5 Å². The fraction of sp³-hybridized carbons (Fsp3) is 0.151. The molecule has 1 atom stereocenters. The van der Waals surface area contributed by atoms with Gasteiger partial charge in [0.1, 0.15) is 11.2 Å². The summed E-state index contributed by atoms with van der Waals surface area (Å²) in [6, 6.07) is 58.5. The predicted octanol–water partition coefficient (Wildman–Crippen LogP) is 14.2. The van der Waals surface area contributed by atoms with Gasteiger partial charge in [0.25, 0.3) is 0 Å². The molecule has 1 unspecified atom stereocenters. The first kappa shape index (κ1) is 36.7. The highest BCUT2D eigenvalue weighted by Crippen LogP contribution is 2.37. The molecule has 0 radical (unpaired) electrons. The number of furan rings is 1. The average molecular weight is 729 g/mol. The maximum atomic E-state index is 6.46. The fourth-order valence-corrected chi connectivity index (χ4v) is 7.72. The van der Waals surface area contributed by atoms with E-state index in [0.717, 1.165) is 81.3 Å². The monoisotopic (exact) mass is 728 g/mol. The van der Waals surface area contributed by atoms with E-state index in [1.807, 2.05) is 0 Å². The molecule has 0 saturated carbocycles. The molecule has 1 aromatic heterocycles. The Morgan fingerprint density at radius 3 is 2.00 bits per heavy atom. The second-order valence-corrected chi connectivity index (χ2v) is 14.7. The maximum Gasteiger partial charge on any atom is 0.136 e. The number of benzene rings is 7. The van der Waals surface area contributed by atoms with Crippen LogP contribution in [0.3, 0.4) is 0 Å². The van der Waals surface area contributed by atoms with Crippen LogP contribution in [0.1, 0.15) is 67.0 Å². The summed E-state index contributed by atoms with van der Waals surface area (Å²) in [5, 5.41) is 2.25. The molecule has 1 heterocycles. The summed E-state index contributed by atoms with van der Waals surface area (Å²) >= 11 is 0. The van der Waals surface area contributed by atoms with Crippen molar-refractivity contribution in [2.24, 2.45) is 10.7 Å². The average Bonchev–Trinajstić information content (AvgIpc) is 3.60. The third-order valence-corrected chi connectivity index (χ3v) is 10.8. The number of aliphatic imine (C=N–C) groups is 1. The molecule has 0 spiro atoms. The van der Waals surface area contributed by atoms with Gasteiger partial charge in [0.05, 0.1) is 5.70 Å². The standard InChI is InChI=1S/C53H48N2O/c1-4-14-49(54)44-21-12-20-42(32-44)43-28-29-46-48-35-47(36(3)31-52(48)56-53(46)34-43)39-26-24-38(25-27-39)41-19-13-22-45(33-41)50(5-2)55-51(40-17-10-7-11-18-40)30-23-37-15-8-6-9-16-37/h6-13,15-22,24-35,49H,4-5,14,23,54H2,1-3H3/b51-30-,55-50?. The highest BCUT2D eigenvalue weighted by Gasteiger charge is 2.14. The molecular weight excluding hydrogens is 681 g/mol. The van der Waals surface area contributed by atoms with E-state index in [1.54, 1.807) is 0 Å². The van der Waals surface area contributed by atoms with Crippen molar-refractivity contribution in [1.82, 2.24) is 0 Å². The van der Waals surface area contributed by atoms with Gasteiger partial charge in [-0.25, -0.2) is 0 Å². The van der Waals surface area contributed by atoms with Crippen LogP contribution in [0.15, 0.2) is 179 Å². The van der Waals surface area contributed by atoms with Gasteiger partial charge in [-0.3, -0.25) is 4.99 Å². The smallest absolute Gasteiger partial charge is 0.136 e. The van der Waals surface area contributed by atoms with Crippen molar-refractivity contribution < 1.29 is 4.42 Å². The van der Waals surface area contributed by atoms with Gasteiger partial charge in [-0.1, -0.05) is 154 Å². The van der Waals surface area contributed by atoms with Crippen LogP contribution in [0.5, 0.6) is 0 Å². The van der Waals surface area contributed by atoms with Gasteiger partial charge in [-0.15, -0.1) is 0 Å². The topological polar surface area (TPSA) is 51.5 Å². The Bertz CT molecular complexity index is 2670. The molecule has 0 bridgehead atoms. The van der Waals surface area contributed by atoms with E-state index in [0.29, 0.717) is 0 Å². The Hall–Kier alpha value is -6.29. The third-order valence-electron chi connectivity index (χ3n) is 10.8. The molecule has 56 heavy (non-hydrogen) atoms. The lowest BCUT2D eigenvalue weighted by atomic mass is 9.94. The van der Waals surface area contributed by atoms with Crippen LogP contribution in [-0.2, 0) is 6.42 Å². The van der Waals surface area contributed by atoms with Crippen molar-refractivity contribution in [2.75, 3.05) is 0 Å². The molecule has 8 rings (SSSR count). The highest BCUT2D eigenvalue weighted by atomic mass is 16.3. The number of hydrogen-bond donors (Lipinski definition) is 1. The molecule has 3 heteroatoms. The summed E-state index contributed by atoms with van der Waals surface area (Å²) in [5.74, 6) is 0. The van der Waals surface area contributed by atoms with Crippen LogP contribution in [0.25, 0.3) is 61.0 Å². The fourth-order valence-electron chi connectivity index (χ4n) is 7.72. The van der Waals surface area contributed by atoms with E-state index < -0.39 is 0 Å². The first-order chi connectivity index (χ1) is 27.5. The van der Waals surface area contributed by atoms with Gasteiger partial charge < -0.3 is 10.2 Å². The first-order valence-corrected chi connectivity index (χ1v) is 19.9. The Morgan fingerprint density at radius 1 is 0.607 bits per heavy atom. The summed E-state index contributed by atoms with van der Waals surface area (Å²) in [5.41, 5.74) is 23.2. The SMILES string of the molecule is CCCC(N)c1cccc(-c2ccc3c(c2)oc2cc(C)c(-c4ccc(-c5cccc(C(CC)=N/C(=C\Cc6ccccc6)c6ccccc6)c5)cc4)cc23)c1. The van der Waals surface area contributed by atoms with Crippen LogP contribution in [0, 0.1) is 6.92 Å². The summed E-state index contributed by atoms with van der Waals surface area (Å²) in [6.07, 6.45) is 5.94. The molecule has 0 fully saturated rings. The first-order valence-electron chi connectivity index (χ1n) is 19.9. The number of allylic oxidation sites excluding steroid dienone is 1. The second-order valence-electron chi connectivity index (χ2n) is 14.7. The minimum absolute atomic E-state index is 0.0516. The molecule has 0 amide bonds. The molecule has 8 aromatic rings.